The Morgan fingerprint density at radius 1 is 1.02 bits per heavy atom. The molecule has 0 aromatic heterocycles. The minimum absolute atomic E-state index is 0.000835. The number of carboxylic acids is 1. The molecule has 3 aromatic rings. The summed E-state index contributed by atoms with van der Waals surface area (Å²) in [4.78, 5) is 53.3. The number of carboxylic acid groups (broad SMARTS) is 1. The van der Waals surface area contributed by atoms with Crippen LogP contribution in [-0.4, -0.2) is 94.1 Å². The molecule has 15 nitrogen and oxygen atoms in total. The van der Waals surface area contributed by atoms with Crippen LogP contribution in [0.2, 0.25) is 0 Å². The van der Waals surface area contributed by atoms with E-state index < -0.39 is 52.5 Å². The number of amides is 3. The van der Waals surface area contributed by atoms with Gasteiger partial charge in [-0.15, -0.1) is 0 Å². The fraction of sp³-hybridized carbons (Fsp3) is 0.364. The van der Waals surface area contributed by atoms with E-state index in [9.17, 15) is 32.7 Å². The average molecular weight is 696 g/mol. The summed E-state index contributed by atoms with van der Waals surface area (Å²) in [7, 11) is -0.399. The summed E-state index contributed by atoms with van der Waals surface area (Å²) in [6.45, 7) is -0.213. The molecule has 262 valence electrons. The number of alkyl carbamates (subject to hydrolysis) is 1. The second-order valence-electron chi connectivity index (χ2n) is 11.6. The number of aliphatic carboxylic acids is 1. The first-order valence-electron chi connectivity index (χ1n) is 15.7. The number of likely N-dealkylation sites (tertiary alicyclic amines) is 1. The number of carbonyl (C=O) groups is 4. The van der Waals surface area contributed by atoms with Crippen LogP contribution >= 0.6 is 0 Å². The summed E-state index contributed by atoms with van der Waals surface area (Å²) < 4.78 is 34.0. The lowest BCUT2D eigenvalue weighted by Gasteiger charge is -2.26. The third-order valence-electron chi connectivity index (χ3n) is 7.95. The van der Waals surface area contributed by atoms with Crippen molar-refractivity contribution in [1.29, 1.82) is 5.41 Å². The molecule has 16 heteroatoms. The van der Waals surface area contributed by atoms with Crippen molar-refractivity contribution in [2.24, 2.45) is 0 Å². The number of nitrogens with zero attached hydrogens (tertiary/aromatic N) is 2. The summed E-state index contributed by atoms with van der Waals surface area (Å²) in [5.74, 6) is -2.87. The van der Waals surface area contributed by atoms with Crippen molar-refractivity contribution in [3.05, 3.63) is 72.3 Å². The topological polar surface area (TPSA) is 210 Å². The van der Waals surface area contributed by atoms with Gasteiger partial charge in [-0.2, -0.15) is 0 Å². The number of hydrogen-bond donors (Lipinski definition) is 6. The van der Waals surface area contributed by atoms with E-state index in [4.69, 9.17) is 10.1 Å². The maximum atomic E-state index is 13.3. The maximum Gasteiger partial charge on any atom is 0.414 e. The third-order valence-corrected chi connectivity index (χ3v) is 9.40. The normalized spacial score (nSPS) is 14.9. The SMILES string of the molecule is CN(C)c1cccc2c(S(=O)(=O)NCC(=O)N3CCC[C@H]3C(=O)N[C@@H](CCCNC(=N)NC(=O)OCc3ccccc3)C(=O)O)cccc12. The molecule has 1 fully saturated rings. The smallest absolute Gasteiger partial charge is 0.414 e. The van der Waals surface area contributed by atoms with Crippen LogP contribution < -0.4 is 25.6 Å². The molecule has 0 radical (unpaired) electrons. The third kappa shape index (κ3) is 9.90. The van der Waals surface area contributed by atoms with E-state index in [1.165, 1.54) is 11.0 Å². The summed E-state index contributed by atoms with van der Waals surface area (Å²) in [5.41, 5.74) is 1.62. The number of anilines is 1. The minimum Gasteiger partial charge on any atom is -0.480 e. The van der Waals surface area contributed by atoms with E-state index >= 15 is 0 Å². The molecule has 0 spiro atoms. The standard InChI is InChI=1S/C33H41N7O8S/c1-39(2)26-15-6-13-24-23(26)12-7-17-28(24)49(46,47)36-20-29(41)40-19-9-16-27(40)30(42)37-25(31(43)44)14-8-18-35-32(34)38-33(45)48-21-22-10-4-3-5-11-22/h3-7,10-13,15,17,25,27,36H,8-9,14,16,18-21H2,1-2H3,(H,37,42)(H,43,44)(H3,34,35,38,45)/t25-,27-/m0/s1. The van der Waals surface area contributed by atoms with Crippen LogP contribution in [0.4, 0.5) is 10.5 Å². The Bertz CT molecular complexity index is 1790. The van der Waals surface area contributed by atoms with E-state index in [1.54, 1.807) is 42.5 Å². The van der Waals surface area contributed by atoms with Crippen LogP contribution in [0.1, 0.15) is 31.2 Å². The Balaban J connectivity index is 1.25. The van der Waals surface area contributed by atoms with Gasteiger partial charge in [0, 0.05) is 43.6 Å². The molecule has 3 amide bonds. The van der Waals surface area contributed by atoms with Crippen molar-refractivity contribution < 1.29 is 37.4 Å². The number of guanidine groups is 1. The number of carbonyl (C=O) groups excluding carboxylic acids is 3. The van der Waals surface area contributed by atoms with E-state index in [-0.39, 0.29) is 49.8 Å². The Hall–Kier alpha value is -5.22. The zero-order valence-electron chi connectivity index (χ0n) is 27.3. The summed E-state index contributed by atoms with van der Waals surface area (Å²) >= 11 is 0. The Labute approximate surface area is 284 Å². The number of hydrogen-bond acceptors (Lipinski definition) is 9. The molecule has 2 atom stereocenters. The Kier molecular flexibility index (Phi) is 12.5. The van der Waals surface area contributed by atoms with Crippen molar-refractivity contribution in [1.82, 2.24) is 25.6 Å². The van der Waals surface area contributed by atoms with Crippen molar-refractivity contribution >= 4 is 56.3 Å². The van der Waals surface area contributed by atoms with Gasteiger partial charge in [0.15, 0.2) is 5.96 Å². The van der Waals surface area contributed by atoms with Crippen molar-refractivity contribution in [2.75, 3.05) is 38.6 Å². The van der Waals surface area contributed by atoms with E-state index in [0.717, 1.165) is 16.6 Å². The van der Waals surface area contributed by atoms with Crippen molar-refractivity contribution in [3.8, 4) is 0 Å². The summed E-state index contributed by atoms with van der Waals surface area (Å²) in [6, 6.07) is 17.0. The van der Waals surface area contributed by atoms with Gasteiger partial charge in [0.2, 0.25) is 21.8 Å². The molecule has 1 aliphatic heterocycles. The second-order valence-corrected chi connectivity index (χ2v) is 13.4. The molecule has 3 aromatic carbocycles. The van der Waals surface area contributed by atoms with E-state index in [0.29, 0.717) is 11.8 Å². The number of fused-ring (bicyclic) bond motifs is 1. The first kappa shape index (κ1) is 36.6. The zero-order chi connectivity index (χ0) is 35.6. The largest absolute Gasteiger partial charge is 0.480 e. The van der Waals surface area contributed by atoms with E-state index in [2.05, 4.69) is 20.7 Å². The molecule has 49 heavy (non-hydrogen) atoms. The second kappa shape index (κ2) is 16.7. The maximum absolute atomic E-state index is 13.3. The monoisotopic (exact) mass is 695 g/mol. The van der Waals surface area contributed by atoms with Crippen LogP contribution in [0.15, 0.2) is 71.6 Å². The minimum atomic E-state index is -4.11. The molecule has 1 heterocycles. The van der Waals surface area contributed by atoms with Crippen LogP contribution in [-0.2, 0) is 35.8 Å². The van der Waals surface area contributed by atoms with Gasteiger partial charge in [0.1, 0.15) is 18.7 Å². The lowest BCUT2D eigenvalue weighted by atomic mass is 10.1. The predicted octanol–water partition coefficient (Wildman–Crippen LogP) is 1.98. The molecular formula is C33H41N7O8S. The quantitative estimate of drug-likeness (QED) is 0.0820. The molecular weight excluding hydrogens is 654 g/mol. The molecule has 1 saturated heterocycles. The number of benzene rings is 3. The molecule has 1 aliphatic rings. The van der Waals surface area contributed by atoms with Gasteiger partial charge in [-0.25, -0.2) is 22.7 Å². The van der Waals surface area contributed by atoms with Crippen LogP contribution in [0.5, 0.6) is 0 Å². The first-order valence-corrected chi connectivity index (χ1v) is 17.2. The van der Waals surface area contributed by atoms with Crippen LogP contribution in [0, 0.1) is 5.41 Å². The number of ether oxygens (including phenoxy) is 1. The molecule has 0 unspecified atom stereocenters. The number of sulfonamides is 1. The first-order chi connectivity index (χ1) is 23.4. The van der Waals surface area contributed by atoms with Gasteiger partial charge < -0.3 is 30.3 Å². The van der Waals surface area contributed by atoms with Gasteiger partial charge in [-0.05, 0) is 43.4 Å². The molecule has 6 N–H and O–H groups in total. The highest BCUT2D eigenvalue weighted by atomic mass is 32.2. The highest BCUT2D eigenvalue weighted by Gasteiger charge is 2.36. The van der Waals surface area contributed by atoms with Crippen molar-refractivity contribution in [3.63, 3.8) is 0 Å². The van der Waals surface area contributed by atoms with Gasteiger partial charge in [-0.3, -0.25) is 20.3 Å². The van der Waals surface area contributed by atoms with E-state index in [1.807, 2.05) is 37.2 Å². The fourth-order valence-electron chi connectivity index (χ4n) is 5.51. The molecule has 0 aliphatic carbocycles. The highest BCUT2D eigenvalue weighted by molar-refractivity contribution is 7.89. The van der Waals surface area contributed by atoms with Crippen LogP contribution in [0.25, 0.3) is 10.8 Å². The lowest BCUT2D eigenvalue weighted by Crippen LogP contribution is -2.52. The van der Waals surface area contributed by atoms with Crippen molar-refractivity contribution in [2.45, 2.75) is 49.3 Å². The van der Waals surface area contributed by atoms with Gasteiger partial charge >= 0.3 is 12.1 Å². The highest BCUT2D eigenvalue weighted by Crippen LogP contribution is 2.30. The molecule has 4 rings (SSSR count). The predicted molar refractivity (Wildman–Crippen MR) is 182 cm³/mol. The van der Waals surface area contributed by atoms with Gasteiger partial charge in [0.05, 0.1) is 11.4 Å². The van der Waals surface area contributed by atoms with Crippen LogP contribution in [0.3, 0.4) is 0 Å². The summed E-state index contributed by atoms with van der Waals surface area (Å²) in [5, 5.41) is 26.2. The molecule has 0 saturated carbocycles. The number of rotatable bonds is 14. The van der Waals surface area contributed by atoms with Gasteiger partial charge in [-0.1, -0.05) is 54.6 Å². The lowest BCUT2D eigenvalue weighted by molar-refractivity contribution is -0.143. The molecule has 0 bridgehead atoms. The average Bonchev–Trinajstić information content (AvgIpc) is 3.58. The van der Waals surface area contributed by atoms with Gasteiger partial charge in [0.25, 0.3) is 0 Å². The Morgan fingerprint density at radius 2 is 1.73 bits per heavy atom. The summed E-state index contributed by atoms with van der Waals surface area (Å²) in [6.07, 6.45) is 0.170. The fourth-order valence-corrected chi connectivity index (χ4v) is 6.71. The zero-order valence-corrected chi connectivity index (χ0v) is 28.1. The Morgan fingerprint density at radius 3 is 2.45 bits per heavy atom. The number of nitrogens with one attached hydrogen (secondary N) is 5.